The molecule has 3 aromatic rings. The standard InChI is InChI=1S/C34H38F4O2/c1-3-5-7-8-10-11-25-17-18-27(32(36)31(25)35)23-13-15-24(16-14-23)28-19-20-29(34(38)33(28)37)26-21-39-30(40-22-26)12-9-6-4-2/h4,6,13-20,26,30H,3,5,7-12,21-22H2,1-2H3. The molecule has 0 spiro atoms. The number of rotatable bonds is 12. The van der Waals surface area contributed by atoms with Crippen LogP contribution < -0.4 is 0 Å². The van der Waals surface area contributed by atoms with Crippen LogP contribution in [0.15, 0.2) is 60.7 Å². The molecule has 3 aromatic carbocycles. The smallest absolute Gasteiger partial charge is 0.166 e. The maximum Gasteiger partial charge on any atom is 0.166 e. The van der Waals surface area contributed by atoms with E-state index in [1.165, 1.54) is 6.07 Å². The number of aryl methyl sites for hydroxylation is 1. The minimum absolute atomic E-state index is 0.0970. The maximum absolute atomic E-state index is 15.2. The molecule has 0 radical (unpaired) electrons. The van der Waals surface area contributed by atoms with Crippen LogP contribution in [0.4, 0.5) is 17.6 Å². The van der Waals surface area contributed by atoms with Crippen LogP contribution in [-0.2, 0) is 15.9 Å². The van der Waals surface area contributed by atoms with E-state index in [1.807, 2.05) is 19.1 Å². The Hall–Kier alpha value is -2.96. The number of halogens is 4. The highest BCUT2D eigenvalue weighted by molar-refractivity contribution is 5.71. The molecule has 0 atom stereocenters. The summed E-state index contributed by atoms with van der Waals surface area (Å²) >= 11 is 0. The Bertz CT molecular complexity index is 1280. The van der Waals surface area contributed by atoms with E-state index >= 15 is 8.78 Å². The van der Waals surface area contributed by atoms with Gasteiger partial charge in [-0.05, 0) is 48.4 Å². The predicted octanol–water partition coefficient (Wildman–Crippen LogP) is 9.90. The average Bonchev–Trinajstić information content (AvgIpc) is 2.97. The molecule has 0 aromatic heterocycles. The van der Waals surface area contributed by atoms with E-state index in [2.05, 4.69) is 6.92 Å². The lowest BCUT2D eigenvalue weighted by Crippen LogP contribution is -2.31. The normalized spacial score (nSPS) is 17.6. The number of unbranched alkanes of at least 4 members (excludes halogenated alkanes) is 4. The number of allylic oxidation sites excluding steroid dienone is 2. The molecule has 0 amide bonds. The zero-order chi connectivity index (χ0) is 28.5. The average molecular weight is 555 g/mol. The van der Waals surface area contributed by atoms with Gasteiger partial charge in [-0.25, -0.2) is 17.6 Å². The van der Waals surface area contributed by atoms with Crippen LogP contribution in [0.25, 0.3) is 22.3 Å². The summed E-state index contributed by atoms with van der Waals surface area (Å²) in [6.45, 7) is 4.59. The number of benzene rings is 3. The quantitative estimate of drug-likeness (QED) is 0.126. The fourth-order valence-electron chi connectivity index (χ4n) is 5.14. The van der Waals surface area contributed by atoms with Crippen LogP contribution in [-0.4, -0.2) is 19.5 Å². The Morgan fingerprint density at radius 2 is 1.32 bits per heavy atom. The lowest BCUT2D eigenvalue weighted by molar-refractivity contribution is -0.189. The summed E-state index contributed by atoms with van der Waals surface area (Å²) in [6.07, 6.45) is 10.9. The first-order valence-corrected chi connectivity index (χ1v) is 14.3. The largest absolute Gasteiger partial charge is 0.352 e. The molecule has 4 rings (SSSR count). The summed E-state index contributed by atoms with van der Waals surface area (Å²) in [7, 11) is 0. The highest BCUT2D eigenvalue weighted by atomic mass is 19.2. The van der Waals surface area contributed by atoms with Gasteiger partial charge in [-0.3, -0.25) is 0 Å². The monoisotopic (exact) mass is 554 g/mol. The molecular weight excluding hydrogens is 516 g/mol. The van der Waals surface area contributed by atoms with Crippen molar-refractivity contribution >= 4 is 0 Å². The van der Waals surface area contributed by atoms with Gasteiger partial charge in [-0.2, -0.15) is 0 Å². The highest BCUT2D eigenvalue weighted by Gasteiger charge is 2.27. The van der Waals surface area contributed by atoms with Gasteiger partial charge in [0.15, 0.2) is 29.6 Å². The molecule has 0 N–H and O–H groups in total. The van der Waals surface area contributed by atoms with Crippen molar-refractivity contribution in [3.63, 3.8) is 0 Å². The Balaban J connectivity index is 1.44. The second-order valence-electron chi connectivity index (χ2n) is 10.4. The maximum atomic E-state index is 15.2. The zero-order valence-electron chi connectivity index (χ0n) is 23.3. The Kier molecular flexibility index (Phi) is 11.0. The second kappa shape index (κ2) is 14.6. The lowest BCUT2D eigenvalue weighted by Gasteiger charge is -2.30. The van der Waals surface area contributed by atoms with Crippen LogP contribution in [0.5, 0.6) is 0 Å². The Labute approximate surface area is 235 Å². The van der Waals surface area contributed by atoms with E-state index in [9.17, 15) is 8.78 Å². The first-order chi connectivity index (χ1) is 19.4. The van der Waals surface area contributed by atoms with Crippen LogP contribution >= 0.6 is 0 Å². The molecule has 214 valence electrons. The van der Waals surface area contributed by atoms with E-state index in [0.29, 0.717) is 29.5 Å². The van der Waals surface area contributed by atoms with Crippen molar-refractivity contribution in [2.24, 2.45) is 0 Å². The molecule has 0 saturated carbocycles. The molecule has 1 aliphatic heterocycles. The van der Waals surface area contributed by atoms with Gasteiger partial charge in [0.25, 0.3) is 0 Å². The van der Waals surface area contributed by atoms with E-state index < -0.39 is 29.2 Å². The fraction of sp³-hybridized carbons (Fsp3) is 0.412. The van der Waals surface area contributed by atoms with Crippen molar-refractivity contribution in [2.45, 2.75) is 77.4 Å². The molecule has 0 aliphatic carbocycles. The molecule has 40 heavy (non-hydrogen) atoms. The van der Waals surface area contributed by atoms with Crippen LogP contribution in [0.2, 0.25) is 0 Å². The van der Waals surface area contributed by atoms with Gasteiger partial charge in [0.1, 0.15) is 0 Å². The van der Waals surface area contributed by atoms with Gasteiger partial charge < -0.3 is 9.47 Å². The van der Waals surface area contributed by atoms with Crippen LogP contribution in [0, 0.1) is 23.3 Å². The third-order valence-corrected chi connectivity index (χ3v) is 7.54. The summed E-state index contributed by atoms with van der Waals surface area (Å²) in [5, 5.41) is 0. The van der Waals surface area contributed by atoms with Gasteiger partial charge in [0, 0.05) is 23.5 Å². The molecule has 0 bridgehead atoms. The van der Waals surface area contributed by atoms with Crippen molar-refractivity contribution in [2.75, 3.05) is 13.2 Å². The van der Waals surface area contributed by atoms with E-state index in [1.54, 1.807) is 42.5 Å². The lowest BCUT2D eigenvalue weighted by atomic mass is 9.94. The molecule has 1 saturated heterocycles. The van der Waals surface area contributed by atoms with E-state index in [4.69, 9.17) is 9.47 Å². The van der Waals surface area contributed by atoms with Gasteiger partial charge >= 0.3 is 0 Å². The van der Waals surface area contributed by atoms with Crippen molar-refractivity contribution < 1.29 is 27.0 Å². The highest BCUT2D eigenvalue weighted by Crippen LogP contribution is 2.34. The van der Waals surface area contributed by atoms with E-state index in [-0.39, 0.29) is 36.2 Å². The van der Waals surface area contributed by atoms with Gasteiger partial charge in [-0.1, -0.05) is 93.3 Å². The van der Waals surface area contributed by atoms with Crippen LogP contribution in [0.1, 0.15) is 75.8 Å². The Morgan fingerprint density at radius 3 is 1.95 bits per heavy atom. The fourth-order valence-corrected chi connectivity index (χ4v) is 5.14. The molecule has 2 nitrogen and oxygen atoms in total. The molecule has 0 unspecified atom stereocenters. The summed E-state index contributed by atoms with van der Waals surface area (Å²) in [5.41, 5.74) is 1.74. The third-order valence-electron chi connectivity index (χ3n) is 7.54. The number of ether oxygens (including phenoxy) is 2. The first-order valence-electron chi connectivity index (χ1n) is 14.3. The predicted molar refractivity (Wildman–Crippen MR) is 152 cm³/mol. The summed E-state index contributed by atoms with van der Waals surface area (Å²) < 4.78 is 71.4. The van der Waals surface area contributed by atoms with Crippen molar-refractivity contribution in [3.8, 4) is 22.3 Å². The number of hydrogen-bond acceptors (Lipinski definition) is 2. The minimum Gasteiger partial charge on any atom is -0.352 e. The molecule has 1 fully saturated rings. The van der Waals surface area contributed by atoms with Gasteiger partial charge in [0.05, 0.1) is 13.2 Å². The van der Waals surface area contributed by atoms with Crippen LogP contribution in [0.3, 0.4) is 0 Å². The molecular formula is C34H38F4O2. The summed E-state index contributed by atoms with van der Waals surface area (Å²) in [5.74, 6) is -3.99. The summed E-state index contributed by atoms with van der Waals surface area (Å²) in [6, 6.07) is 12.7. The van der Waals surface area contributed by atoms with Gasteiger partial charge in [-0.15, -0.1) is 0 Å². The Morgan fingerprint density at radius 1 is 0.725 bits per heavy atom. The second-order valence-corrected chi connectivity index (χ2v) is 10.4. The first kappa shape index (κ1) is 30.0. The summed E-state index contributed by atoms with van der Waals surface area (Å²) in [4.78, 5) is 0. The SMILES string of the molecule is CC=CCCC1OCC(c2ccc(-c3ccc(-c4ccc(CCCCCCC)c(F)c4F)cc3)c(F)c2F)CO1. The third kappa shape index (κ3) is 7.21. The zero-order valence-corrected chi connectivity index (χ0v) is 23.3. The minimum atomic E-state index is -0.957. The van der Waals surface area contributed by atoms with Crippen molar-refractivity contribution in [3.05, 3.63) is 95.1 Å². The van der Waals surface area contributed by atoms with Crippen molar-refractivity contribution in [1.29, 1.82) is 0 Å². The molecule has 1 aliphatic rings. The molecule has 6 heteroatoms. The molecule has 1 heterocycles. The van der Waals surface area contributed by atoms with Crippen molar-refractivity contribution in [1.82, 2.24) is 0 Å². The van der Waals surface area contributed by atoms with Gasteiger partial charge in [0.2, 0.25) is 0 Å². The topological polar surface area (TPSA) is 18.5 Å². The number of hydrogen-bond donors (Lipinski definition) is 0. The van der Waals surface area contributed by atoms with E-state index in [0.717, 1.165) is 38.5 Å².